The van der Waals surface area contributed by atoms with Gasteiger partial charge in [0, 0.05) is 36.8 Å². The summed E-state index contributed by atoms with van der Waals surface area (Å²) in [5.41, 5.74) is 5.21. The zero-order valence-corrected chi connectivity index (χ0v) is 23.2. The average Bonchev–Trinajstić information content (AvgIpc) is 3.58. The molecule has 4 aromatic rings. The normalized spacial score (nSPS) is 15.9. The van der Waals surface area contributed by atoms with Crippen LogP contribution >= 0.6 is 0 Å². The largest absolute Gasteiger partial charge is 0.416 e. The Bertz CT molecular complexity index is 1470. The minimum absolute atomic E-state index is 0.0515. The third-order valence-electron chi connectivity index (χ3n) is 6.90. The Kier molecular flexibility index (Phi) is 7.90. The van der Waals surface area contributed by atoms with E-state index in [2.05, 4.69) is 47.0 Å². The van der Waals surface area contributed by atoms with Gasteiger partial charge in [0.05, 0.1) is 35.9 Å². The SMILES string of the molecule is CCc1[nH]ncc1Nc1nccc(-c2ccc3c(c2)CN(CCO)CC[C@@H]3NC(=O)c2nnc(C(C)(C)C)o2)n1. The van der Waals surface area contributed by atoms with Crippen LogP contribution in [-0.4, -0.2) is 66.0 Å². The topological polar surface area (TPSA) is 158 Å². The molecule has 0 aliphatic carbocycles. The van der Waals surface area contributed by atoms with E-state index in [1.807, 2.05) is 45.9 Å². The van der Waals surface area contributed by atoms with Crippen LogP contribution in [0.4, 0.5) is 11.6 Å². The lowest BCUT2D eigenvalue weighted by Crippen LogP contribution is -2.31. The number of aliphatic hydroxyl groups is 1. The third kappa shape index (κ3) is 6.02. The van der Waals surface area contributed by atoms with Gasteiger partial charge in [0.1, 0.15) is 0 Å². The summed E-state index contributed by atoms with van der Waals surface area (Å²) in [6.45, 7) is 9.84. The van der Waals surface area contributed by atoms with Gasteiger partial charge in [-0.2, -0.15) is 5.10 Å². The number of aliphatic hydroxyl groups excluding tert-OH is 1. The highest BCUT2D eigenvalue weighted by Crippen LogP contribution is 2.31. The van der Waals surface area contributed by atoms with Crippen LogP contribution in [-0.2, 0) is 18.4 Å². The van der Waals surface area contributed by atoms with Crippen LogP contribution in [0.5, 0.6) is 0 Å². The smallest absolute Gasteiger partial charge is 0.309 e. The highest BCUT2D eigenvalue weighted by atomic mass is 16.4. The lowest BCUT2D eigenvalue weighted by atomic mass is 9.96. The van der Waals surface area contributed by atoms with E-state index in [0.717, 1.165) is 40.2 Å². The molecule has 4 heterocycles. The lowest BCUT2D eigenvalue weighted by Gasteiger charge is -2.19. The number of aromatic amines is 1. The van der Waals surface area contributed by atoms with Gasteiger partial charge < -0.3 is 20.2 Å². The number of amides is 1. The van der Waals surface area contributed by atoms with Crippen LogP contribution in [0.2, 0.25) is 0 Å². The van der Waals surface area contributed by atoms with Gasteiger partial charge in [-0.05, 0) is 36.1 Å². The summed E-state index contributed by atoms with van der Waals surface area (Å²) in [5, 5.41) is 31.1. The molecule has 210 valence electrons. The monoisotopic (exact) mass is 545 g/mol. The van der Waals surface area contributed by atoms with Gasteiger partial charge in [0.25, 0.3) is 0 Å². The molecule has 3 aromatic heterocycles. The highest BCUT2D eigenvalue weighted by Gasteiger charge is 2.28. The fourth-order valence-electron chi connectivity index (χ4n) is 4.74. The zero-order chi connectivity index (χ0) is 28.3. The number of fused-ring (bicyclic) bond motifs is 1. The Balaban J connectivity index is 1.41. The summed E-state index contributed by atoms with van der Waals surface area (Å²) in [6, 6.07) is 7.74. The third-order valence-corrected chi connectivity index (χ3v) is 6.90. The van der Waals surface area contributed by atoms with Gasteiger partial charge in [0.15, 0.2) is 0 Å². The average molecular weight is 546 g/mol. The van der Waals surface area contributed by atoms with E-state index < -0.39 is 5.91 Å². The number of anilines is 2. The molecule has 1 atom stereocenters. The molecule has 5 rings (SSSR count). The molecular weight excluding hydrogens is 510 g/mol. The molecule has 0 spiro atoms. The van der Waals surface area contributed by atoms with E-state index in [1.54, 1.807) is 12.4 Å². The fraction of sp³-hybridized carbons (Fsp3) is 0.429. The van der Waals surface area contributed by atoms with Crippen molar-refractivity contribution in [2.45, 2.75) is 58.5 Å². The van der Waals surface area contributed by atoms with E-state index in [0.29, 0.717) is 37.9 Å². The Hall–Kier alpha value is -4.16. The van der Waals surface area contributed by atoms with Crippen molar-refractivity contribution in [2.24, 2.45) is 0 Å². The van der Waals surface area contributed by atoms with Gasteiger partial charge >= 0.3 is 11.8 Å². The molecule has 0 radical (unpaired) electrons. The van der Waals surface area contributed by atoms with Crippen molar-refractivity contribution in [3.63, 3.8) is 0 Å². The predicted octanol–water partition coefficient (Wildman–Crippen LogP) is 3.52. The molecule has 0 bridgehead atoms. The number of carbonyl (C=O) groups excluding carboxylic acids is 1. The number of carbonyl (C=O) groups is 1. The van der Waals surface area contributed by atoms with Crippen LogP contribution < -0.4 is 10.6 Å². The minimum Gasteiger partial charge on any atom is -0.416 e. The number of rotatable bonds is 8. The van der Waals surface area contributed by atoms with Crippen molar-refractivity contribution in [1.29, 1.82) is 0 Å². The molecule has 0 saturated carbocycles. The number of hydrogen-bond donors (Lipinski definition) is 4. The molecular formula is C28H35N9O3. The van der Waals surface area contributed by atoms with Gasteiger partial charge in [-0.1, -0.05) is 39.8 Å². The number of aromatic nitrogens is 6. The second-order valence-corrected chi connectivity index (χ2v) is 10.9. The maximum absolute atomic E-state index is 13.1. The molecule has 0 fully saturated rings. The van der Waals surface area contributed by atoms with Gasteiger partial charge in [-0.15, -0.1) is 10.2 Å². The Morgan fingerprint density at radius 1 is 1.25 bits per heavy atom. The number of aryl methyl sites for hydroxylation is 1. The number of β-amino-alcohol motifs (C(OH)–C–C–N with tert-alkyl or cyclic N) is 1. The van der Waals surface area contributed by atoms with Crippen molar-refractivity contribution >= 4 is 17.5 Å². The second-order valence-electron chi connectivity index (χ2n) is 10.9. The van der Waals surface area contributed by atoms with Crippen molar-refractivity contribution in [3.8, 4) is 11.3 Å². The summed E-state index contributed by atoms with van der Waals surface area (Å²) in [6.07, 6.45) is 4.92. The molecule has 0 unspecified atom stereocenters. The highest BCUT2D eigenvalue weighted by molar-refractivity contribution is 5.89. The number of hydrogen-bond acceptors (Lipinski definition) is 10. The summed E-state index contributed by atoms with van der Waals surface area (Å²) < 4.78 is 5.67. The van der Waals surface area contributed by atoms with E-state index in [4.69, 9.17) is 9.40 Å². The standard InChI is InChI=1S/C28H35N9O3/c1-5-20-23(15-30-34-20)33-27-29-10-8-21(32-27)17-6-7-19-18(14-17)16-37(12-13-38)11-9-22(19)31-24(39)25-35-36-26(40-25)28(2,3)4/h6-8,10,14-15,22,38H,5,9,11-13,16H2,1-4H3,(H,30,34)(H,31,39)(H,29,32,33)/t22-/m0/s1. The lowest BCUT2D eigenvalue weighted by molar-refractivity contribution is 0.0893. The maximum atomic E-state index is 13.1. The molecule has 1 amide bonds. The van der Waals surface area contributed by atoms with Crippen LogP contribution in [0, 0.1) is 0 Å². The number of nitrogens with zero attached hydrogens (tertiary/aromatic N) is 6. The van der Waals surface area contributed by atoms with E-state index in [1.165, 1.54) is 0 Å². The van der Waals surface area contributed by atoms with E-state index >= 15 is 0 Å². The quantitative estimate of drug-likeness (QED) is 0.258. The summed E-state index contributed by atoms with van der Waals surface area (Å²) in [5.74, 6) is 0.431. The van der Waals surface area contributed by atoms with Gasteiger partial charge in [0.2, 0.25) is 11.8 Å². The van der Waals surface area contributed by atoms with Gasteiger partial charge in [-0.25, -0.2) is 9.97 Å². The molecule has 40 heavy (non-hydrogen) atoms. The molecule has 1 aliphatic rings. The second kappa shape index (κ2) is 11.5. The summed E-state index contributed by atoms with van der Waals surface area (Å²) >= 11 is 0. The molecule has 0 saturated heterocycles. The first-order valence-electron chi connectivity index (χ1n) is 13.5. The molecule has 1 aliphatic heterocycles. The molecule has 12 heteroatoms. The molecule has 4 N–H and O–H groups in total. The van der Waals surface area contributed by atoms with Gasteiger partial charge in [-0.3, -0.25) is 14.8 Å². The Morgan fingerprint density at radius 2 is 2.10 bits per heavy atom. The van der Waals surface area contributed by atoms with E-state index in [9.17, 15) is 9.90 Å². The molecule has 12 nitrogen and oxygen atoms in total. The first kappa shape index (κ1) is 27.4. The number of nitrogens with one attached hydrogen (secondary N) is 3. The van der Waals surface area contributed by atoms with Crippen molar-refractivity contribution in [1.82, 2.24) is 40.6 Å². The number of H-pyrrole nitrogens is 1. The van der Waals surface area contributed by atoms with Crippen molar-refractivity contribution < 1.29 is 14.3 Å². The zero-order valence-electron chi connectivity index (χ0n) is 23.2. The predicted molar refractivity (Wildman–Crippen MR) is 149 cm³/mol. The van der Waals surface area contributed by atoms with Crippen molar-refractivity contribution in [3.05, 3.63) is 65.3 Å². The minimum atomic E-state index is -0.407. The maximum Gasteiger partial charge on any atom is 0.309 e. The van der Waals surface area contributed by atoms with Crippen LogP contribution in [0.25, 0.3) is 11.3 Å². The fourth-order valence-corrected chi connectivity index (χ4v) is 4.74. The number of benzene rings is 1. The summed E-state index contributed by atoms with van der Waals surface area (Å²) in [4.78, 5) is 24.4. The van der Waals surface area contributed by atoms with Crippen LogP contribution in [0.3, 0.4) is 0 Å². The molecule has 1 aromatic carbocycles. The first-order valence-corrected chi connectivity index (χ1v) is 13.5. The summed E-state index contributed by atoms with van der Waals surface area (Å²) in [7, 11) is 0. The van der Waals surface area contributed by atoms with Crippen LogP contribution in [0.15, 0.2) is 41.1 Å². The van der Waals surface area contributed by atoms with Crippen LogP contribution in [0.1, 0.15) is 73.6 Å². The Labute approximate surface area is 232 Å². The first-order chi connectivity index (χ1) is 19.2. The van der Waals surface area contributed by atoms with E-state index in [-0.39, 0.29) is 24.0 Å². The Morgan fingerprint density at radius 3 is 2.85 bits per heavy atom. The van der Waals surface area contributed by atoms with Crippen molar-refractivity contribution in [2.75, 3.05) is 25.0 Å².